The molecule has 0 saturated heterocycles. The lowest BCUT2D eigenvalue weighted by Gasteiger charge is -1.92. The van der Waals surface area contributed by atoms with E-state index in [1.165, 1.54) is 18.2 Å². The molecule has 2 aromatic rings. The summed E-state index contributed by atoms with van der Waals surface area (Å²) in [6.45, 7) is 0. The van der Waals surface area contributed by atoms with Crippen LogP contribution in [-0.4, -0.2) is 11.1 Å². The second kappa shape index (κ2) is 3.02. The highest BCUT2D eigenvalue weighted by molar-refractivity contribution is 7.18. The summed E-state index contributed by atoms with van der Waals surface area (Å²) in [6.07, 6.45) is 0. The molecule has 0 unspecified atom stereocenters. The van der Waals surface area contributed by atoms with Crippen molar-refractivity contribution < 1.29 is 18.7 Å². The monoisotopic (exact) mass is 214 g/mol. The summed E-state index contributed by atoms with van der Waals surface area (Å²) in [5.74, 6) is -1.97. The van der Waals surface area contributed by atoms with E-state index in [9.17, 15) is 13.6 Å². The Bertz CT molecular complexity index is 519. The van der Waals surface area contributed by atoms with Crippen molar-refractivity contribution in [3.8, 4) is 0 Å². The SMILES string of the molecule is O=C(O)c1c(F)sc2c(F)cccc12. The van der Waals surface area contributed by atoms with Crippen molar-refractivity contribution in [1.29, 1.82) is 0 Å². The lowest BCUT2D eigenvalue weighted by atomic mass is 10.2. The fourth-order valence-electron chi connectivity index (χ4n) is 1.26. The van der Waals surface area contributed by atoms with Gasteiger partial charge >= 0.3 is 5.97 Å². The van der Waals surface area contributed by atoms with Gasteiger partial charge in [0.1, 0.15) is 11.4 Å². The number of hydrogen-bond donors (Lipinski definition) is 1. The molecular weight excluding hydrogens is 210 g/mol. The summed E-state index contributed by atoms with van der Waals surface area (Å²) >= 11 is 0.511. The largest absolute Gasteiger partial charge is 0.478 e. The molecule has 0 saturated carbocycles. The summed E-state index contributed by atoms with van der Waals surface area (Å²) in [5.41, 5.74) is -0.454. The fourth-order valence-corrected chi connectivity index (χ4v) is 2.18. The first kappa shape index (κ1) is 9.08. The molecule has 0 spiro atoms. The van der Waals surface area contributed by atoms with Crippen LogP contribution in [0.3, 0.4) is 0 Å². The number of carboxylic acid groups (broad SMARTS) is 1. The molecule has 1 N–H and O–H groups in total. The first-order valence-corrected chi connectivity index (χ1v) is 4.52. The minimum Gasteiger partial charge on any atom is -0.478 e. The average molecular weight is 214 g/mol. The molecule has 1 aromatic carbocycles. The second-order valence-corrected chi connectivity index (χ2v) is 3.64. The van der Waals surface area contributed by atoms with Crippen LogP contribution in [0, 0.1) is 10.9 Å². The van der Waals surface area contributed by atoms with Gasteiger partial charge in [0, 0.05) is 5.39 Å². The van der Waals surface area contributed by atoms with Gasteiger partial charge in [-0.3, -0.25) is 0 Å². The molecule has 1 aromatic heterocycles. The molecule has 5 heteroatoms. The number of fused-ring (bicyclic) bond motifs is 1. The Balaban J connectivity index is 2.90. The molecule has 2 nitrogen and oxygen atoms in total. The van der Waals surface area contributed by atoms with Crippen molar-refractivity contribution in [3.05, 3.63) is 34.7 Å². The van der Waals surface area contributed by atoms with E-state index in [0.29, 0.717) is 11.3 Å². The van der Waals surface area contributed by atoms with Gasteiger partial charge < -0.3 is 5.11 Å². The van der Waals surface area contributed by atoms with E-state index >= 15 is 0 Å². The van der Waals surface area contributed by atoms with E-state index in [4.69, 9.17) is 5.11 Å². The zero-order chi connectivity index (χ0) is 10.3. The molecule has 0 aliphatic heterocycles. The minimum atomic E-state index is -1.38. The quantitative estimate of drug-likeness (QED) is 0.792. The van der Waals surface area contributed by atoms with E-state index in [0.717, 1.165) is 0 Å². The lowest BCUT2D eigenvalue weighted by Crippen LogP contribution is -1.96. The van der Waals surface area contributed by atoms with E-state index < -0.39 is 22.5 Å². The maximum atomic E-state index is 13.1. The third-order valence-corrected chi connectivity index (χ3v) is 2.84. The van der Waals surface area contributed by atoms with E-state index in [-0.39, 0.29) is 10.1 Å². The van der Waals surface area contributed by atoms with Gasteiger partial charge in [0.25, 0.3) is 0 Å². The van der Waals surface area contributed by atoms with Crippen molar-refractivity contribution in [3.63, 3.8) is 0 Å². The average Bonchev–Trinajstić information content (AvgIpc) is 2.42. The van der Waals surface area contributed by atoms with Gasteiger partial charge in [-0.25, -0.2) is 9.18 Å². The number of carboxylic acids is 1. The molecule has 14 heavy (non-hydrogen) atoms. The number of hydrogen-bond acceptors (Lipinski definition) is 2. The molecule has 0 atom stereocenters. The number of halogens is 2. The van der Waals surface area contributed by atoms with Crippen molar-refractivity contribution in [2.75, 3.05) is 0 Å². The van der Waals surface area contributed by atoms with Gasteiger partial charge in [-0.2, -0.15) is 4.39 Å². The van der Waals surface area contributed by atoms with Crippen LogP contribution in [0.2, 0.25) is 0 Å². The Morgan fingerprint density at radius 2 is 2.07 bits per heavy atom. The van der Waals surface area contributed by atoms with E-state index in [1.807, 2.05) is 0 Å². The zero-order valence-corrected chi connectivity index (χ0v) is 7.57. The maximum Gasteiger partial charge on any atom is 0.340 e. The fraction of sp³-hybridized carbons (Fsp3) is 0. The third-order valence-electron chi connectivity index (χ3n) is 1.84. The minimum absolute atomic E-state index is 0.0439. The zero-order valence-electron chi connectivity index (χ0n) is 6.75. The number of aromatic carboxylic acids is 1. The molecule has 0 amide bonds. The first-order chi connectivity index (χ1) is 6.61. The Kier molecular flexibility index (Phi) is 1.96. The van der Waals surface area contributed by atoms with Gasteiger partial charge in [0.05, 0.1) is 4.70 Å². The molecule has 0 bridgehead atoms. The first-order valence-electron chi connectivity index (χ1n) is 3.71. The van der Waals surface area contributed by atoms with Crippen LogP contribution in [0.5, 0.6) is 0 Å². The van der Waals surface area contributed by atoms with Gasteiger partial charge in [-0.15, -0.1) is 11.3 Å². The van der Waals surface area contributed by atoms with Crippen LogP contribution >= 0.6 is 11.3 Å². The molecule has 0 radical (unpaired) electrons. The summed E-state index contributed by atoms with van der Waals surface area (Å²) in [6, 6.07) is 3.92. The van der Waals surface area contributed by atoms with Crippen LogP contribution in [0.1, 0.15) is 10.4 Å². The highest BCUT2D eigenvalue weighted by Gasteiger charge is 2.19. The summed E-state index contributed by atoms with van der Waals surface area (Å²) in [4.78, 5) is 10.7. The van der Waals surface area contributed by atoms with Crippen LogP contribution in [0.25, 0.3) is 10.1 Å². The second-order valence-electron chi connectivity index (χ2n) is 2.67. The molecular formula is C9H4F2O2S. The molecule has 0 aliphatic carbocycles. The van der Waals surface area contributed by atoms with Crippen molar-refractivity contribution in [2.24, 2.45) is 0 Å². The topological polar surface area (TPSA) is 37.3 Å². The van der Waals surface area contributed by atoms with Crippen molar-refractivity contribution in [1.82, 2.24) is 0 Å². The summed E-state index contributed by atoms with van der Waals surface area (Å²) in [7, 11) is 0. The van der Waals surface area contributed by atoms with Gasteiger partial charge in [-0.1, -0.05) is 12.1 Å². The van der Waals surface area contributed by atoms with Gasteiger partial charge in [-0.05, 0) is 6.07 Å². The smallest absolute Gasteiger partial charge is 0.340 e. The Morgan fingerprint density at radius 3 is 2.71 bits per heavy atom. The number of thiophene rings is 1. The van der Waals surface area contributed by atoms with Crippen LogP contribution in [0.15, 0.2) is 18.2 Å². The maximum absolute atomic E-state index is 13.1. The van der Waals surface area contributed by atoms with Gasteiger partial charge in [0.15, 0.2) is 5.13 Å². The highest BCUT2D eigenvalue weighted by atomic mass is 32.1. The van der Waals surface area contributed by atoms with Gasteiger partial charge in [0.2, 0.25) is 0 Å². The standard InChI is InChI=1S/C9H4F2O2S/c10-5-3-1-2-4-6(9(12)13)8(11)14-7(4)5/h1-3H,(H,12,13). The predicted molar refractivity (Wildman–Crippen MR) is 48.7 cm³/mol. The number of rotatable bonds is 1. The molecule has 0 fully saturated rings. The number of carbonyl (C=O) groups is 1. The molecule has 1 heterocycles. The van der Waals surface area contributed by atoms with E-state index in [2.05, 4.69) is 0 Å². The van der Waals surface area contributed by atoms with Crippen LogP contribution < -0.4 is 0 Å². The Hall–Kier alpha value is -1.49. The Morgan fingerprint density at radius 1 is 1.36 bits per heavy atom. The third kappa shape index (κ3) is 1.17. The lowest BCUT2D eigenvalue weighted by molar-refractivity contribution is 0.0695. The van der Waals surface area contributed by atoms with E-state index in [1.54, 1.807) is 0 Å². The normalized spacial score (nSPS) is 10.7. The van der Waals surface area contributed by atoms with Crippen LogP contribution in [0.4, 0.5) is 8.78 Å². The molecule has 72 valence electrons. The number of benzene rings is 1. The van der Waals surface area contributed by atoms with Crippen molar-refractivity contribution in [2.45, 2.75) is 0 Å². The molecule has 2 rings (SSSR count). The van der Waals surface area contributed by atoms with Crippen LogP contribution in [-0.2, 0) is 0 Å². The summed E-state index contributed by atoms with van der Waals surface area (Å²) < 4.78 is 26.2. The molecule has 0 aliphatic rings. The predicted octanol–water partition coefficient (Wildman–Crippen LogP) is 2.88. The van der Waals surface area contributed by atoms with Crippen molar-refractivity contribution >= 4 is 27.4 Å². The highest BCUT2D eigenvalue weighted by Crippen LogP contribution is 2.31. The summed E-state index contributed by atoms with van der Waals surface area (Å²) in [5, 5.41) is 7.94. The Labute approximate surface area is 81.4 Å².